The van der Waals surface area contributed by atoms with E-state index in [9.17, 15) is 9.59 Å². The Kier molecular flexibility index (Phi) is 2.81. The average Bonchev–Trinajstić information content (AvgIpc) is 2.07. The molecule has 0 aromatic carbocycles. The highest BCUT2D eigenvalue weighted by Crippen LogP contribution is 1.98. The van der Waals surface area contributed by atoms with Crippen molar-refractivity contribution < 1.29 is 24.4 Å². The molecule has 1 rings (SSSR count). The number of aliphatic carboxylic acids is 2. The van der Waals surface area contributed by atoms with Crippen molar-refractivity contribution in [3.63, 3.8) is 0 Å². The number of carboxylic acids is 2. The van der Waals surface area contributed by atoms with Crippen molar-refractivity contribution in [3.8, 4) is 0 Å². The van der Waals surface area contributed by atoms with Crippen molar-refractivity contribution in [1.82, 2.24) is 0 Å². The normalized spacial score (nSPS) is 10.1. The van der Waals surface area contributed by atoms with Gasteiger partial charge in [0.2, 0.25) is 0 Å². The maximum absolute atomic E-state index is 10.6. The summed E-state index contributed by atoms with van der Waals surface area (Å²) in [5, 5.41) is 17.3. The minimum Gasteiger partial charge on any atom is -0.476 e. The average molecular weight is 196 g/mol. The molecule has 1 aromatic rings. The van der Waals surface area contributed by atoms with E-state index in [1.807, 2.05) is 6.92 Å². The monoisotopic (exact) mass is 196 g/mol. The second-order valence-electron chi connectivity index (χ2n) is 2.90. The van der Waals surface area contributed by atoms with Gasteiger partial charge in [0.25, 0.3) is 0 Å². The van der Waals surface area contributed by atoms with Crippen molar-refractivity contribution in [2.24, 2.45) is 0 Å². The van der Waals surface area contributed by atoms with Gasteiger partial charge in [-0.15, -0.1) is 0 Å². The molecular formula is C9H10NO4+. The van der Waals surface area contributed by atoms with Crippen LogP contribution in [0.5, 0.6) is 0 Å². The maximum Gasteiger partial charge on any atom is 0.385 e. The van der Waals surface area contributed by atoms with Crippen LogP contribution in [0.2, 0.25) is 0 Å². The number of carbonyl (C=O) groups is 2. The molecule has 0 spiro atoms. The van der Waals surface area contributed by atoms with E-state index in [0.717, 1.165) is 10.1 Å². The molecule has 74 valence electrons. The zero-order chi connectivity index (χ0) is 10.7. The van der Waals surface area contributed by atoms with Gasteiger partial charge in [-0.05, 0) is 12.5 Å². The molecule has 5 nitrogen and oxygen atoms in total. The summed E-state index contributed by atoms with van der Waals surface area (Å²) in [5.74, 6) is -2.77. The fourth-order valence-electron chi connectivity index (χ4n) is 1.05. The van der Waals surface area contributed by atoms with Gasteiger partial charge >= 0.3 is 18.0 Å². The third kappa shape index (κ3) is 2.07. The van der Waals surface area contributed by atoms with Crippen LogP contribution in [0, 0.1) is 6.92 Å². The van der Waals surface area contributed by atoms with E-state index in [2.05, 4.69) is 0 Å². The molecule has 0 fully saturated rings. The van der Waals surface area contributed by atoms with Crippen molar-refractivity contribution in [3.05, 3.63) is 30.1 Å². The third-order valence-electron chi connectivity index (χ3n) is 1.79. The quantitative estimate of drug-likeness (QED) is 0.526. The molecule has 0 aliphatic heterocycles. The van der Waals surface area contributed by atoms with E-state index in [1.54, 1.807) is 12.1 Å². The first-order valence-electron chi connectivity index (χ1n) is 3.95. The second-order valence-corrected chi connectivity index (χ2v) is 2.90. The Labute approximate surface area is 80.2 Å². The van der Waals surface area contributed by atoms with Gasteiger partial charge in [0.05, 0.1) is 0 Å². The largest absolute Gasteiger partial charge is 0.476 e. The second kappa shape index (κ2) is 3.87. The zero-order valence-electron chi connectivity index (χ0n) is 7.54. The van der Waals surface area contributed by atoms with E-state index in [0.29, 0.717) is 0 Å². The molecule has 0 saturated heterocycles. The van der Waals surface area contributed by atoms with Crippen LogP contribution in [0.1, 0.15) is 11.6 Å². The van der Waals surface area contributed by atoms with E-state index >= 15 is 0 Å². The van der Waals surface area contributed by atoms with Gasteiger partial charge in [-0.2, -0.15) is 4.57 Å². The zero-order valence-corrected chi connectivity index (χ0v) is 7.54. The van der Waals surface area contributed by atoms with Crippen LogP contribution in [0.15, 0.2) is 24.5 Å². The molecule has 2 N–H and O–H groups in total. The smallest absolute Gasteiger partial charge is 0.385 e. The lowest BCUT2D eigenvalue weighted by Gasteiger charge is -2.01. The number of hydrogen-bond acceptors (Lipinski definition) is 2. The highest BCUT2D eigenvalue weighted by molar-refractivity contribution is 5.92. The number of nitrogens with zero attached hydrogens (tertiary/aromatic N) is 1. The predicted octanol–water partition coefficient (Wildman–Crippen LogP) is -0.00718. The predicted molar refractivity (Wildman–Crippen MR) is 45.7 cm³/mol. The Morgan fingerprint density at radius 1 is 1.21 bits per heavy atom. The minimum absolute atomic E-state index is 0.941. The number of carboxylic acid groups (broad SMARTS) is 2. The first-order valence-corrected chi connectivity index (χ1v) is 3.95. The topological polar surface area (TPSA) is 78.5 Å². The number of pyridine rings is 1. The lowest BCUT2D eigenvalue weighted by molar-refractivity contribution is -0.699. The molecule has 0 amide bonds. The Morgan fingerprint density at radius 3 is 2.00 bits per heavy atom. The van der Waals surface area contributed by atoms with Crippen molar-refractivity contribution >= 4 is 11.9 Å². The molecule has 0 unspecified atom stereocenters. The summed E-state index contributed by atoms with van der Waals surface area (Å²) in [6, 6.07) is 1.74. The summed E-state index contributed by atoms with van der Waals surface area (Å²) < 4.78 is 1.14. The van der Waals surface area contributed by atoms with Crippen LogP contribution in [-0.4, -0.2) is 22.2 Å². The fraction of sp³-hybridized carbons (Fsp3) is 0.222. The van der Waals surface area contributed by atoms with Crippen LogP contribution < -0.4 is 4.57 Å². The molecule has 5 heteroatoms. The van der Waals surface area contributed by atoms with Crippen LogP contribution in [0.4, 0.5) is 0 Å². The molecule has 1 heterocycles. The molecule has 1 aromatic heterocycles. The van der Waals surface area contributed by atoms with E-state index < -0.39 is 18.0 Å². The molecule has 0 saturated carbocycles. The van der Waals surface area contributed by atoms with Gasteiger partial charge in [-0.1, -0.05) is 0 Å². The summed E-state index contributed by atoms with van der Waals surface area (Å²) in [6.07, 6.45) is 2.87. The molecule has 0 bridgehead atoms. The van der Waals surface area contributed by atoms with Gasteiger partial charge in [0, 0.05) is 12.1 Å². The molecule has 0 atom stereocenters. The van der Waals surface area contributed by atoms with E-state index in [1.165, 1.54) is 12.4 Å². The van der Waals surface area contributed by atoms with Crippen LogP contribution in [-0.2, 0) is 9.59 Å². The summed E-state index contributed by atoms with van der Waals surface area (Å²) in [6.45, 7) is 1.83. The van der Waals surface area contributed by atoms with Gasteiger partial charge in [0.1, 0.15) is 0 Å². The van der Waals surface area contributed by atoms with Gasteiger partial charge in [0.15, 0.2) is 12.4 Å². The van der Waals surface area contributed by atoms with E-state index in [-0.39, 0.29) is 0 Å². The molecular weight excluding hydrogens is 186 g/mol. The first-order chi connectivity index (χ1) is 6.52. The van der Waals surface area contributed by atoms with E-state index in [4.69, 9.17) is 10.2 Å². The Bertz CT molecular complexity index is 344. The Hall–Kier alpha value is -1.91. The summed E-state index contributed by atoms with van der Waals surface area (Å²) in [4.78, 5) is 21.2. The maximum atomic E-state index is 10.6. The first kappa shape index (κ1) is 10.2. The standard InChI is InChI=1S/C9H9NO4/c1-6-2-4-10(5-3-6)7(8(11)12)9(13)14/h2-5,7H,1H3,(H-,11,12,13,14)/p+1. The number of aryl methyl sites for hydroxylation is 1. The van der Waals surface area contributed by atoms with Gasteiger partial charge in [-0.3, -0.25) is 0 Å². The number of aromatic nitrogens is 1. The number of hydrogen-bond donors (Lipinski definition) is 2. The van der Waals surface area contributed by atoms with Crippen LogP contribution >= 0.6 is 0 Å². The van der Waals surface area contributed by atoms with Crippen molar-refractivity contribution in [2.75, 3.05) is 0 Å². The Balaban J connectivity index is 3.06. The molecule has 14 heavy (non-hydrogen) atoms. The number of rotatable bonds is 3. The Morgan fingerprint density at radius 2 is 1.64 bits per heavy atom. The third-order valence-corrected chi connectivity index (χ3v) is 1.79. The summed E-state index contributed by atoms with van der Waals surface area (Å²) >= 11 is 0. The van der Waals surface area contributed by atoms with Gasteiger partial charge < -0.3 is 10.2 Å². The minimum atomic E-state index is -1.56. The van der Waals surface area contributed by atoms with Gasteiger partial charge in [-0.25, -0.2) is 9.59 Å². The lowest BCUT2D eigenvalue weighted by Crippen LogP contribution is -2.47. The fourth-order valence-corrected chi connectivity index (χ4v) is 1.05. The van der Waals surface area contributed by atoms with Crippen LogP contribution in [0.3, 0.4) is 0 Å². The SMILES string of the molecule is Cc1cc[n+](C(C(=O)O)C(=O)O)cc1. The molecule has 0 radical (unpaired) electrons. The lowest BCUT2D eigenvalue weighted by atomic mass is 10.2. The molecule has 0 aliphatic carbocycles. The highest BCUT2D eigenvalue weighted by Gasteiger charge is 2.34. The highest BCUT2D eigenvalue weighted by atomic mass is 16.4. The molecule has 0 aliphatic rings. The summed E-state index contributed by atoms with van der Waals surface area (Å²) in [5.41, 5.74) is 0.941. The van der Waals surface area contributed by atoms with Crippen molar-refractivity contribution in [2.45, 2.75) is 13.0 Å². The van der Waals surface area contributed by atoms with Crippen molar-refractivity contribution in [1.29, 1.82) is 0 Å². The van der Waals surface area contributed by atoms with Crippen LogP contribution in [0.25, 0.3) is 0 Å². The summed E-state index contributed by atoms with van der Waals surface area (Å²) in [7, 11) is 0.